The molecule has 2 atom stereocenters. The van der Waals surface area contributed by atoms with E-state index in [1.165, 1.54) is 9.75 Å². The van der Waals surface area contributed by atoms with Crippen molar-refractivity contribution < 1.29 is 5.11 Å². The number of hydrogen-bond donors (Lipinski definition) is 3. The first kappa shape index (κ1) is 15.6. The average Bonchev–Trinajstić information content (AvgIpc) is 3.29. The number of β-amino-alcohol motifs (C(OH)–C–C–N with tert-alkyl or cyclic N) is 1. The molecule has 0 amide bonds. The molecule has 0 unspecified atom stereocenters. The van der Waals surface area contributed by atoms with Crippen LogP contribution in [0.1, 0.15) is 16.3 Å². The van der Waals surface area contributed by atoms with Crippen LogP contribution >= 0.6 is 11.3 Å². The van der Waals surface area contributed by atoms with Crippen molar-refractivity contribution >= 4 is 11.3 Å². The van der Waals surface area contributed by atoms with Gasteiger partial charge in [0.2, 0.25) is 0 Å². The van der Waals surface area contributed by atoms with Gasteiger partial charge >= 0.3 is 0 Å². The van der Waals surface area contributed by atoms with E-state index in [2.05, 4.69) is 43.5 Å². The standard InChI is InChI=1S/C17H21N5OS/c1-11-6-13(20-19-11)7-12-8-22(10-16(12)23)9-14-2-3-17(24-14)15-4-5-18-21-15/h2-6,12,16,23H,7-10H2,1H3,(H,18,21)(H,19,20)/t12-,16-/m1/s1. The molecule has 4 heterocycles. The van der Waals surface area contributed by atoms with Crippen molar-refractivity contribution in [2.24, 2.45) is 5.92 Å². The lowest BCUT2D eigenvalue weighted by Gasteiger charge is -2.13. The maximum Gasteiger partial charge on any atom is 0.0749 e. The number of rotatable bonds is 5. The Morgan fingerprint density at radius 1 is 1.29 bits per heavy atom. The van der Waals surface area contributed by atoms with E-state index < -0.39 is 0 Å². The predicted octanol–water partition coefficient (Wildman–Crippen LogP) is 2.21. The van der Waals surface area contributed by atoms with Crippen molar-refractivity contribution in [3.63, 3.8) is 0 Å². The number of aromatic nitrogens is 4. The molecule has 0 saturated carbocycles. The third-order valence-electron chi connectivity index (χ3n) is 4.52. The van der Waals surface area contributed by atoms with Crippen LogP contribution in [0.5, 0.6) is 0 Å². The van der Waals surface area contributed by atoms with Gasteiger partial charge in [-0.05, 0) is 37.6 Å². The van der Waals surface area contributed by atoms with E-state index >= 15 is 0 Å². The Morgan fingerprint density at radius 2 is 2.21 bits per heavy atom. The molecule has 6 nitrogen and oxygen atoms in total. The minimum Gasteiger partial charge on any atom is -0.391 e. The largest absolute Gasteiger partial charge is 0.391 e. The van der Waals surface area contributed by atoms with Gasteiger partial charge in [0.15, 0.2) is 0 Å². The third kappa shape index (κ3) is 3.28. The summed E-state index contributed by atoms with van der Waals surface area (Å²) < 4.78 is 0. The van der Waals surface area contributed by atoms with E-state index in [1.54, 1.807) is 17.5 Å². The van der Waals surface area contributed by atoms with Crippen LogP contribution in [0, 0.1) is 12.8 Å². The first-order valence-electron chi connectivity index (χ1n) is 8.17. The lowest BCUT2D eigenvalue weighted by atomic mass is 10.0. The van der Waals surface area contributed by atoms with Crippen LogP contribution in [-0.2, 0) is 13.0 Å². The van der Waals surface area contributed by atoms with Gasteiger partial charge in [-0.15, -0.1) is 11.3 Å². The molecule has 1 aliphatic rings. The summed E-state index contributed by atoms with van der Waals surface area (Å²) in [6.07, 6.45) is 2.31. The summed E-state index contributed by atoms with van der Waals surface area (Å²) in [4.78, 5) is 4.84. The number of hydrogen-bond acceptors (Lipinski definition) is 5. The van der Waals surface area contributed by atoms with Gasteiger partial charge in [-0.1, -0.05) is 0 Å². The van der Waals surface area contributed by atoms with Crippen LogP contribution in [0.3, 0.4) is 0 Å². The van der Waals surface area contributed by atoms with Crippen molar-refractivity contribution in [2.75, 3.05) is 13.1 Å². The molecule has 0 radical (unpaired) electrons. The fourth-order valence-corrected chi connectivity index (χ4v) is 4.37. The zero-order chi connectivity index (χ0) is 16.5. The molecule has 1 saturated heterocycles. The molecule has 0 aromatic carbocycles. The fraction of sp³-hybridized carbons (Fsp3) is 0.412. The summed E-state index contributed by atoms with van der Waals surface area (Å²) in [5.41, 5.74) is 3.16. The van der Waals surface area contributed by atoms with Crippen molar-refractivity contribution in [1.29, 1.82) is 0 Å². The Bertz CT molecular complexity index is 794. The first-order valence-corrected chi connectivity index (χ1v) is 8.99. The van der Waals surface area contributed by atoms with Crippen LogP contribution in [-0.4, -0.2) is 49.6 Å². The van der Waals surface area contributed by atoms with Crippen LogP contribution in [0.4, 0.5) is 0 Å². The molecule has 7 heteroatoms. The normalized spacial score (nSPS) is 21.6. The van der Waals surface area contributed by atoms with Gasteiger partial charge in [0, 0.05) is 42.3 Å². The number of thiophene rings is 1. The summed E-state index contributed by atoms with van der Waals surface area (Å²) >= 11 is 1.78. The Kier molecular flexibility index (Phi) is 4.22. The van der Waals surface area contributed by atoms with Gasteiger partial charge in [0.05, 0.1) is 22.4 Å². The molecule has 0 bridgehead atoms. The minimum absolute atomic E-state index is 0.250. The molecule has 1 aliphatic heterocycles. The first-order chi connectivity index (χ1) is 11.7. The van der Waals surface area contributed by atoms with Crippen molar-refractivity contribution in [1.82, 2.24) is 25.3 Å². The van der Waals surface area contributed by atoms with E-state index in [0.29, 0.717) is 0 Å². The molecule has 0 spiro atoms. The summed E-state index contributed by atoms with van der Waals surface area (Å²) in [6.45, 7) is 4.52. The molecule has 0 aliphatic carbocycles. The van der Waals surface area contributed by atoms with Crippen LogP contribution < -0.4 is 0 Å². The molecule has 4 rings (SSSR count). The molecule has 24 heavy (non-hydrogen) atoms. The van der Waals surface area contributed by atoms with Gasteiger partial charge in [0.25, 0.3) is 0 Å². The molecule has 3 aromatic heterocycles. The molecule has 1 fully saturated rings. The lowest BCUT2D eigenvalue weighted by molar-refractivity contribution is 0.140. The van der Waals surface area contributed by atoms with E-state index in [9.17, 15) is 5.11 Å². The summed E-state index contributed by atoms with van der Waals surface area (Å²) in [7, 11) is 0. The third-order valence-corrected chi connectivity index (χ3v) is 5.62. The van der Waals surface area contributed by atoms with E-state index in [4.69, 9.17) is 0 Å². The van der Waals surface area contributed by atoms with Crippen LogP contribution in [0.15, 0.2) is 30.5 Å². The molecule has 126 valence electrons. The summed E-state index contributed by atoms with van der Waals surface area (Å²) in [6, 6.07) is 8.34. The van der Waals surface area contributed by atoms with Gasteiger partial charge in [-0.2, -0.15) is 10.2 Å². The minimum atomic E-state index is -0.283. The highest BCUT2D eigenvalue weighted by molar-refractivity contribution is 7.15. The quantitative estimate of drug-likeness (QED) is 0.663. The number of aliphatic hydroxyl groups is 1. The van der Waals surface area contributed by atoms with Gasteiger partial charge in [-0.3, -0.25) is 15.1 Å². The number of likely N-dealkylation sites (tertiary alicyclic amines) is 1. The fourth-order valence-electron chi connectivity index (χ4n) is 3.34. The van der Waals surface area contributed by atoms with Crippen molar-refractivity contribution in [2.45, 2.75) is 26.0 Å². The second-order valence-corrected chi connectivity index (χ2v) is 7.67. The van der Waals surface area contributed by atoms with Crippen LogP contribution in [0.25, 0.3) is 10.6 Å². The molecular weight excluding hydrogens is 322 g/mol. The SMILES string of the molecule is Cc1cc(C[C@@H]2CN(Cc3ccc(-c4ccn[nH]4)s3)C[C@H]2O)n[nH]1. The monoisotopic (exact) mass is 343 g/mol. The summed E-state index contributed by atoms with van der Waals surface area (Å²) in [5, 5.41) is 24.6. The summed E-state index contributed by atoms with van der Waals surface area (Å²) in [5.74, 6) is 0.250. The average molecular weight is 343 g/mol. The number of aryl methyl sites for hydroxylation is 1. The van der Waals surface area contributed by atoms with Crippen molar-refractivity contribution in [3.8, 4) is 10.6 Å². The maximum absolute atomic E-state index is 10.4. The molecule has 3 N–H and O–H groups in total. The Hall–Kier alpha value is -1.96. The van der Waals surface area contributed by atoms with Gasteiger partial charge in [0.1, 0.15) is 0 Å². The van der Waals surface area contributed by atoms with E-state index in [-0.39, 0.29) is 12.0 Å². The topological polar surface area (TPSA) is 80.8 Å². The lowest BCUT2D eigenvalue weighted by Crippen LogP contribution is -2.20. The maximum atomic E-state index is 10.4. The highest BCUT2D eigenvalue weighted by Crippen LogP contribution is 2.29. The van der Waals surface area contributed by atoms with E-state index in [0.717, 1.165) is 43.1 Å². The zero-order valence-corrected chi connectivity index (χ0v) is 14.4. The zero-order valence-electron chi connectivity index (χ0n) is 13.6. The molecular formula is C17H21N5OS. The Labute approximate surface area is 144 Å². The number of H-pyrrole nitrogens is 2. The molecule has 3 aromatic rings. The number of aliphatic hydroxyl groups excluding tert-OH is 1. The van der Waals surface area contributed by atoms with E-state index in [1.807, 2.05) is 13.0 Å². The Balaban J connectivity index is 1.37. The van der Waals surface area contributed by atoms with Crippen molar-refractivity contribution in [3.05, 3.63) is 46.7 Å². The number of nitrogens with zero attached hydrogens (tertiary/aromatic N) is 3. The highest BCUT2D eigenvalue weighted by atomic mass is 32.1. The predicted molar refractivity (Wildman–Crippen MR) is 93.7 cm³/mol. The van der Waals surface area contributed by atoms with Gasteiger partial charge in [-0.25, -0.2) is 0 Å². The van der Waals surface area contributed by atoms with Gasteiger partial charge < -0.3 is 5.11 Å². The second kappa shape index (κ2) is 6.51. The van der Waals surface area contributed by atoms with Crippen LogP contribution in [0.2, 0.25) is 0 Å². The second-order valence-electron chi connectivity index (χ2n) is 6.50. The smallest absolute Gasteiger partial charge is 0.0749 e. The number of nitrogens with one attached hydrogen (secondary N) is 2. The highest BCUT2D eigenvalue weighted by Gasteiger charge is 2.31. The Morgan fingerprint density at radius 3 is 2.96 bits per heavy atom. The number of aromatic amines is 2.